The molecule has 0 atom stereocenters. The molecule has 0 aliphatic heterocycles. The van der Waals surface area contributed by atoms with Gasteiger partial charge in [-0.15, -0.1) is 0 Å². The molecule has 1 amide bonds. The average Bonchev–Trinajstić information content (AvgIpc) is 2.42. The van der Waals surface area contributed by atoms with E-state index in [0.717, 1.165) is 11.3 Å². The van der Waals surface area contributed by atoms with Crippen LogP contribution in [0, 0.1) is 0 Å². The van der Waals surface area contributed by atoms with Crippen LogP contribution in [-0.2, 0) is 11.3 Å². The van der Waals surface area contributed by atoms with Crippen LogP contribution in [0.5, 0.6) is 5.75 Å². The molecule has 0 aliphatic rings. The van der Waals surface area contributed by atoms with Crippen LogP contribution in [0.1, 0.15) is 32.3 Å². The molecule has 4 nitrogen and oxygen atoms in total. The van der Waals surface area contributed by atoms with Crippen molar-refractivity contribution in [2.24, 2.45) is 0 Å². The highest BCUT2D eigenvalue weighted by Gasteiger charge is 2.06. The molecule has 1 aromatic carbocycles. The molecule has 5 heteroatoms. The molecule has 0 fully saturated rings. The number of rotatable bonds is 8. The summed E-state index contributed by atoms with van der Waals surface area (Å²) in [6.07, 6.45) is 1.17. The van der Waals surface area contributed by atoms with Crippen molar-refractivity contribution in [2.45, 2.75) is 39.3 Å². The highest BCUT2D eigenvalue weighted by atomic mass is 35.5. The van der Waals surface area contributed by atoms with E-state index in [0.29, 0.717) is 37.1 Å². The summed E-state index contributed by atoms with van der Waals surface area (Å²) in [7, 11) is 1.64. The van der Waals surface area contributed by atoms with Crippen molar-refractivity contribution in [1.82, 2.24) is 10.6 Å². The van der Waals surface area contributed by atoms with Gasteiger partial charge in [0.1, 0.15) is 5.75 Å². The summed E-state index contributed by atoms with van der Waals surface area (Å²) >= 11 is 6.02. The smallest absolute Gasteiger partial charge is 0.219 e. The second kappa shape index (κ2) is 8.82. The Kier molecular flexibility index (Phi) is 7.41. The third kappa shape index (κ3) is 6.26. The lowest BCUT2D eigenvalue weighted by molar-refractivity contribution is -0.120. The van der Waals surface area contributed by atoms with Gasteiger partial charge >= 0.3 is 0 Å². The highest BCUT2D eigenvalue weighted by molar-refractivity contribution is 6.30. The number of hydrogen-bond donors (Lipinski definition) is 2. The van der Waals surface area contributed by atoms with Crippen LogP contribution >= 0.6 is 11.6 Å². The molecule has 0 aliphatic carbocycles. The summed E-state index contributed by atoms with van der Waals surface area (Å²) in [5, 5.41) is 6.64. The number of carbonyl (C=O) groups is 1. The van der Waals surface area contributed by atoms with Gasteiger partial charge in [0.2, 0.25) is 5.91 Å². The number of halogens is 1. The summed E-state index contributed by atoms with van der Waals surface area (Å²) in [5.41, 5.74) is 1.03. The fourth-order valence-corrected chi connectivity index (χ4v) is 1.88. The van der Waals surface area contributed by atoms with Crippen molar-refractivity contribution in [3.8, 4) is 5.75 Å². The molecule has 0 unspecified atom stereocenters. The third-order valence-electron chi connectivity index (χ3n) is 2.81. The molecule has 0 heterocycles. The number of amides is 1. The predicted octanol–water partition coefficient (Wildman–Crippen LogP) is 2.74. The first-order valence-electron chi connectivity index (χ1n) is 6.88. The molecule has 1 aromatic rings. The zero-order valence-corrected chi connectivity index (χ0v) is 13.1. The lowest BCUT2D eigenvalue weighted by Gasteiger charge is -2.14. The van der Waals surface area contributed by atoms with E-state index in [1.165, 1.54) is 0 Å². The molecule has 2 N–H and O–H groups in total. The number of nitrogens with one attached hydrogen (secondary N) is 2. The quantitative estimate of drug-likeness (QED) is 0.726. The van der Waals surface area contributed by atoms with E-state index in [9.17, 15) is 4.79 Å². The summed E-state index contributed by atoms with van der Waals surface area (Å²) in [6, 6.07) is 5.99. The van der Waals surface area contributed by atoms with E-state index in [1.807, 2.05) is 18.2 Å². The third-order valence-corrected chi connectivity index (χ3v) is 3.04. The summed E-state index contributed by atoms with van der Waals surface area (Å²) in [4.78, 5) is 11.1. The van der Waals surface area contributed by atoms with Crippen molar-refractivity contribution in [2.75, 3.05) is 13.7 Å². The number of ether oxygens (including phenoxy) is 1. The Balaban J connectivity index is 2.53. The minimum Gasteiger partial charge on any atom is -0.493 e. The SMILES string of the molecule is CNC(=O)CCCOc1ccc(Cl)cc1CNC(C)C. The second-order valence-corrected chi connectivity index (χ2v) is 5.35. The van der Waals surface area contributed by atoms with E-state index in [4.69, 9.17) is 16.3 Å². The van der Waals surface area contributed by atoms with Crippen LogP contribution in [0.3, 0.4) is 0 Å². The first-order chi connectivity index (χ1) is 9.52. The van der Waals surface area contributed by atoms with Crippen molar-refractivity contribution in [3.05, 3.63) is 28.8 Å². The van der Waals surface area contributed by atoms with Crippen LogP contribution in [0.15, 0.2) is 18.2 Å². The highest BCUT2D eigenvalue weighted by Crippen LogP contribution is 2.23. The number of carbonyl (C=O) groups excluding carboxylic acids is 1. The van der Waals surface area contributed by atoms with Crippen LogP contribution in [-0.4, -0.2) is 25.6 Å². The van der Waals surface area contributed by atoms with E-state index in [2.05, 4.69) is 24.5 Å². The van der Waals surface area contributed by atoms with Gasteiger partial charge in [-0.1, -0.05) is 25.4 Å². The lowest BCUT2D eigenvalue weighted by Crippen LogP contribution is -2.22. The van der Waals surface area contributed by atoms with Gasteiger partial charge in [-0.25, -0.2) is 0 Å². The second-order valence-electron chi connectivity index (χ2n) is 4.91. The Morgan fingerprint density at radius 2 is 2.15 bits per heavy atom. The van der Waals surface area contributed by atoms with E-state index in [1.54, 1.807) is 7.05 Å². The molecule has 0 aromatic heterocycles. The topological polar surface area (TPSA) is 50.4 Å². The van der Waals surface area contributed by atoms with Gasteiger partial charge in [-0.2, -0.15) is 0 Å². The van der Waals surface area contributed by atoms with Crippen molar-refractivity contribution in [3.63, 3.8) is 0 Å². The maximum atomic E-state index is 11.1. The minimum absolute atomic E-state index is 0.0337. The molecule has 0 radical (unpaired) electrons. The Labute approximate surface area is 125 Å². The van der Waals surface area contributed by atoms with E-state index in [-0.39, 0.29) is 5.91 Å². The Morgan fingerprint density at radius 3 is 2.80 bits per heavy atom. The summed E-state index contributed by atoms with van der Waals surface area (Å²) < 4.78 is 5.74. The van der Waals surface area contributed by atoms with E-state index < -0.39 is 0 Å². The minimum atomic E-state index is 0.0337. The predicted molar refractivity (Wildman–Crippen MR) is 82.2 cm³/mol. The number of benzene rings is 1. The fraction of sp³-hybridized carbons (Fsp3) is 0.533. The first kappa shape index (κ1) is 16.8. The molecule has 1 rings (SSSR count). The van der Waals surface area contributed by atoms with Gasteiger partial charge in [-0.3, -0.25) is 4.79 Å². The van der Waals surface area contributed by atoms with Crippen LogP contribution in [0.4, 0.5) is 0 Å². The van der Waals surface area contributed by atoms with Gasteiger partial charge in [0.25, 0.3) is 0 Å². The molecular formula is C15H23ClN2O2. The van der Waals surface area contributed by atoms with Gasteiger partial charge in [0.05, 0.1) is 6.61 Å². The van der Waals surface area contributed by atoms with Gasteiger partial charge in [0.15, 0.2) is 0 Å². The maximum Gasteiger partial charge on any atom is 0.219 e. The molecule has 0 saturated carbocycles. The normalized spacial score (nSPS) is 10.7. The van der Waals surface area contributed by atoms with E-state index >= 15 is 0 Å². The lowest BCUT2D eigenvalue weighted by atomic mass is 10.2. The zero-order valence-electron chi connectivity index (χ0n) is 12.3. The monoisotopic (exact) mass is 298 g/mol. The summed E-state index contributed by atoms with van der Waals surface area (Å²) in [6.45, 7) is 5.41. The van der Waals surface area contributed by atoms with Gasteiger partial charge in [0, 0.05) is 36.6 Å². The molecule has 0 bridgehead atoms. The maximum absolute atomic E-state index is 11.1. The summed E-state index contributed by atoms with van der Waals surface area (Å²) in [5.74, 6) is 0.853. The Hall–Kier alpha value is -1.26. The van der Waals surface area contributed by atoms with Crippen molar-refractivity contribution in [1.29, 1.82) is 0 Å². The molecule has 20 heavy (non-hydrogen) atoms. The molecular weight excluding hydrogens is 276 g/mol. The Bertz CT molecular complexity index is 436. The van der Waals surface area contributed by atoms with Crippen LogP contribution in [0.25, 0.3) is 0 Å². The largest absolute Gasteiger partial charge is 0.493 e. The van der Waals surface area contributed by atoms with Crippen LogP contribution < -0.4 is 15.4 Å². The zero-order chi connectivity index (χ0) is 15.0. The number of hydrogen-bond acceptors (Lipinski definition) is 3. The standard InChI is InChI=1S/C15H23ClN2O2/c1-11(2)18-10-12-9-13(16)6-7-14(12)20-8-4-5-15(19)17-3/h6-7,9,11,18H,4-5,8,10H2,1-3H3,(H,17,19). The van der Waals surface area contributed by atoms with Gasteiger partial charge in [-0.05, 0) is 24.6 Å². The van der Waals surface area contributed by atoms with Crippen molar-refractivity contribution >= 4 is 17.5 Å². The Morgan fingerprint density at radius 1 is 1.40 bits per heavy atom. The molecule has 0 saturated heterocycles. The van der Waals surface area contributed by atoms with Crippen molar-refractivity contribution < 1.29 is 9.53 Å². The molecule has 112 valence electrons. The average molecular weight is 299 g/mol. The molecule has 0 spiro atoms. The fourth-order valence-electron chi connectivity index (χ4n) is 1.68. The first-order valence-corrected chi connectivity index (χ1v) is 7.26. The van der Waals surface area contributed by atoms with Crippen LogP contribution in [0.2, 0.25) is 5.02 Å². The van der Waals surface area contributed by atoms with Gasteiger partial charge < -0.3 is 15.4 Å².